The fourth-order valence-electron chi connectivity index (χ4n) is 2.36. The second-order valence-electron chi connectivity index (χ2n) is 5.66. The van der Waals surface area contributed by atoms with Gasteiger partial charge in [0, 0.05) is 0 Å². The molecule has 2 heteroatoms. The highest BCUT2D eigenvalue weighted by Crippen LogP contribution is 2.10. The molecule has 0 aromatic heterocycles. The summed E-state index contributed by atoms with van der Waals surface area (Å²) in [5.74, 6) is 0. The first-order valence-corrected chi connectivity index (χ1v) is 8.71. The Labute approximate surface area is 126 Å². The summed E-state index contributed by atoms with van der Waals surface area (Å²) in [5, 5.41) is 2.75. The predicted octanol–water partition coefficient (Wildman–Crippen LogP) is 6.95. The Balaban J connectivity index is 3.03. The first-order chi connectivity index (χ1) is 9.91. The summed E-state index contributed by atoms with van der Waals surface area (Å²) in [4.78, 5) is 9.84. The van der Waals surface area contributed by atoms with Crippen LogP contribution in [-0.2, 0) is 0 Å². The van der Waals surface area contributed by atoms with Gasteiger partial charge in [0.2, 0.25) is 0 Å². The molecule has 0 saturated heterocycles. The third kappa shape index (κ3) is 17.3. The van der Waals surface area contributed by atoms with Crippen LogP contribution in [-0.4, -0.2) is 0 Å². The molecule has 1 radical (unpaired) electrons. The first kappa shape index (κ1) is 19.3. The van der Waals surface area contributed by atoms with Gasteiger partial charge in [-0.05, 0) is 32.1 Å². The molecule has 2 nitrogen and oxygen atoms in total. The molecule has 0 aliphatic rings. The van der Waals surface area contributed by atoms with Crippen molar-refractivity contribution >= 4 is 0 Å². The Hall–Kier alpha value is -0.660. The fraction of sp³-hybridized carbons (Fsp3) is 0.833. The maximum Gasteiger partial charge on any atom is 0.118 e. The van der Waals surface area contributed by atoms with Crippen molar-refractivity contribution in [2.24, 2.45) is 5.18 Å². The van der Waals surface area contributed by atoms with Crippen molar-refractivity contribution in [2.75, 3.05) is 0 Å². The number of hydrogen-bond donors (Lipinski definition) is 0. The lowest BCUT2D eigenvalue weighted by Gasteiger charge is -1.99. The van der Waals surface area contributed by atoms with Crippen molar-refractivity contribution in [3.63, 3.8) is 0 Å². The van der Waals surface area contributed by atoms with Crippen molar-refractivity contribution in [2.45, 2.75) is 96.8 Å². The third-order valence-electron chi connectivity index (χ3n) is 3.67. The zero-order valence-electron chi connectivity index (χ0n) is 13.5. The molecule has 0 bridgehead atoms. The minimum absolute atomic E-state index is 0.849. The van der Waals surface area contributed by atoms with Crippen LogP contribution in [0.3, 0.4) is 0 Å². The third-order valence-corrected chi connectivity index (χ3v) is 3.67. The highest BCUT2D eigenvalue weighted by atomic mass is 16.3. The van der Waals surface area contributed by atoms with E-state index in [1.165, 1.54) is 83.6 Å². The van der Waals surface area contributed by atoms with Crippen LogP contribution < -0.4 is 0 Å². The molecule has 117 valence electrons. The van der Waals surface area contributed by atoms with Crippen LogP contribution in [0.15, 0.2) is 17.3 Å². The summed E-state index contributed by atoms with van der Waals surface area (Å²) in [7, 11) is 0. The molecule has 0 N–H and O–H groups in total. The summed E-state index contributed by atoms with van der Waals surface area (Å²) in [6.07, 6.45) is 22.7. The summed E-state index contributed by atoms with van der Waals surface area (Å²) in [5.41, 5.74) is 0. The molecular weight excluding hydrogens is 246 g/mol. The maximum absolute atomic E-state index is 9.84. The van der Waals surface area contributed by atoms with E-state index in [1.807, 2.05) is 0 Å². The van der Waals surface area contributed by atoms with Gasteiger partial charge < -0.3 is 0 Å². The quantitative estimate of drug-likeness (QED) is 0.171. The molecule has 0 amide bonds. The van der Waals surface area contributed by atoms with Crippen molar-refractivity contribution < 1.29 is 0 Å². The van der Waals surface area contributed by atoms with E-state index >= 15 is 0 Å². The first-order valence-electron chi connectivity index (χ1n) is 8.71. The van der Waals surface area contributed by atoms with Crippen LogP contribution in [0.4, 0.5) is 0 Å². The Morgan fingerprint density at radius 1 is 0.650 bits per heavy atom. The maximum atomic E-state index is 9.84. The lowest BCUT2D eigenvalue weighted by Crippen LogP contribution is -1.80. The average Bonchev–Trinajstić information content (AvgIpc) is 2.47. The lowest BCUT2D eigenvalue weighted by atomic mass is 10.1. The molecule has 0 rings (SSSR count). The van der Waals surface area contributed by atoms with Gasteiger partial charge in [-0.15, -0.1) is 0 Å². The number of unbranched alkanes of at least 4 members (excludes halogenated alkanes) is 12. The molecule has 0 heterocycles. The molecule has 0 aromatic rings. The Morgan fingerprint density at radius 3 is 1.60 bits per heavy atom. The minimum atomic E-state index is 0.849. The molecule has 0 spiro atoms. The van der Waals surface area contributed by atoms with Gasteiger partial charge in [0.1, 0.15) is 6.54 Å². The van der Waals surface area contributed by atoms with Gasteiger partial charge in [-0.1, -0.05) is 82.0 Å². The monoisotopic (exact) mass is 280 g/mol. The molecule has 0 atom stereocenters. The molecule has 0 saturated carbocycles. The Bertz CT molecular complexity index is 213. The average molecular weight is 280 g/mol. The van der Waals surface area contributed by atoms with Crippen molar-refractivity contribution in [3.05, 3.63) is 23.6 Å². The lowest BCUT2D eigenvalue weighted by molar-refractivity contribution is 0.607. The van der Waals surface area contributed by atoms with E-state index in [4.69, 9.17) is 0 Å². The molecule has 0 aromatic carbocycles. The van der Waals surface area contributed by atoms with Gasteiger partial charge in [-0.2, -0.15) is 4.91 Å². The smallest absolute Gasteiger partial charge is 0.118 e. The molecular formula is C18H34NO. The van der Waals surface area contributed by atoms with Crippen LogP contribution >= 0.6 is 0 Å². The summed E-state index contributed by atoms with van der Waals surface area (Å²) < 4.78 is 0. The van der Waals surface area contributed by atoms with E-state index < -0.39 is 0 Å². The molecule has 0 aliphatic carbocycles. The number of nitroso groups, excluding NO2 is 1. The standard InChI is InChI=1S/C18H34NO/c1-2-3-4-5-6-7-8-9-10-11-12-13-14-15-16-17-18-19-20/h9-10,18H,2-8,11-17H2,1H3/b10-9-. The zero-order valence-corrected chi connectivity index (χ0v) is 13.5. The second kappa shape index (κ2) is 18.3. The van der Waals surface area contributed by atoms with E-state index in [2.05, 4.69) is 24.3 Å². The van der Waals surface area contributed by atoms with E-state index in [1.54, 1.807) is 0 Å². The summed E-state index contributed by atoms with van der Waals surface area (Å²) in [6.45, 7) is 3.74. The Kier molecular flexibility index (Phi) is 17.7. The van der Waals surface area contributed by atoms with Crippen LogP contribution in [0.2, 0.25) is 0 Å². The van der Waals surface area contributed by atoms with Crippen LogP contribution in [0, 0.1) is 11.5 Å². The summed E-state index contributed by atoms with van der Waals surface area (Å²) in [6, 6.07) is 0. The van der Waals surface area contributed by atoms with E-state index in [-0.39, 0.29) is 0 Å². The number of nitrogens with zero attached hydrogens (tertiary/aromatic N) is 1. The fourth-order valence-corrected chi connectivity index (χ4v) is 2.36. The minimum Gasteiger partial charge on any atom is -0.150 e. The van der Waals surface area contributed by atoms with Crippen LogP contribution in [0.5, 0.6) is 0 Å². The van der Waals surface area contributed by atoms with Gasteiger partial charge in [0.15, 0.2) is 0 Å². The number of rotatable bonds is 16. The largest absolute Gasteiger partial charge is 0.150 e. The summed E-state index contributed by atoms with van der Waals surface area (Å²) >= 11 is 0. The molecule has 0 aliphatic heterocycles. The van der Waals surface area contributed by atoms with E-state index in [0.29, 0.717) is 0 Å². The van der Waals surface area contributed by atoms with Gasteiger partial charge >= 0.3 is 0 Å². The topological polar surface area (TPSA) is 29.4 Å². The molecule has 20 heavy (non-hydrogen) atoms. The zero-order chi connectivity index (χ0) is 14.7. The highest BCUT2D eigenvalue weighted by molar-refractivity contribution is 4.81. The van der Waals surface area contributed by atoms with E-state index in [9.17, 15) is 4.91 Å². The molecule has 0 unspecified atom stereocenters. The van der Waals surface area contributed by atoms with Crippen LogP contribution in [0.25, 0.3) is 0 Å². The van der Waals surface area contributed by atoms with Crippen molar-refractivity contribution in [3.8, 4) is 0 Å². The normalized spacial score (nSPS) is 11.2. The van der Waals surface area contributed by atoms with Gasteiger partial charge in [-0.3, -0.25) is 0 Å². The van der Waals surface area contributed by atoms with Gasteiger partial charge in [0.25, 0.3) is 0 Å². The van der Waals surface area contributed by atoms with Crippen molar-refractivity contribution in [1.82, 2.24) is 0 Å². The number of allylic oxidation sites excluding steroid dienone is 2. The van der Waals surface area contributed by atoms with Crippen LogP contribution in [0.1, 0.15) is 96.8 Å². The van der Waals surface area contributed by atoms with Gasteiger partial charge in [-0.25, -0.2) is 0 Å². The van der Waals surface area contributed by atoms with Gasteiger partial charge in [0.05, 0.1) is 0 Å². The van der Waals surface area contributed by atoms with E-state index in [0.717, 1.165) is 12.8 Å². The second-order valence-corrected chi connectivity index (χ2v) is 5.66. The molecule has 0 fully saturated rings. The Morgan fingerprint density at radius 2 is 1.10 bits per heavy atom. The highest BCUT2D eigenvalue weighted by Gasteiger charge is 1.91. The number of hydrogen-bond acceptors (Lipinski definition) is 2. The SMILES string of the molecule is CCCCCCCC/C=C\CCCCCCC[CH]N=O. The predicted molar refractivity (Wildman–Crippen MR) is 89.5 cm³/mol. The van der Waals surface area contributed by atoms with Crippen molar-refractivity contribution in [1.29, 1.82) is 0 Å².